The van der Waals surface area contributed by atoms with Crippen LogP contribution in [0.15, 0.2) is 0 Å². The molecule has 0 radical (unpaired) electrons. The van der Waals surface area contributed by atoms with E-state index < -0.39 is 6.16 Å². The minimum absolute atomic E-state index is 0. The SMILES string of the molecule is O.O=C([O-])[O-].[Na+].[Ni+2].[OH-]. The third-order valence-electron chi connectivity index (χ3n) is 0. The quantitative estimate of drug-likeness (QED) is 0.340. The van der Waals surface area contributed by atoms with Gasteiger partial charge in [0.1, 0.15) is 0 Å². The smallest absolute Gasteiger partial charge is 0.870 e. The van der Waals surface area contributed by atoms with Crippen LogP contribution < -0.4 is 39.8 Å². The molecule has 0 bridgehead atoms. The molecule has 7 heteroatoms. The molecule has 0 aromatic heterocycles. The monoisotopic (exact) mass is 176 g/mol. The van der Waals surface area contributed by atoms with Gasteiger partial charge in [0.05, 0.1) is 0 Å². The summed E-state index contributed by atoms with van der Waals surface area (Å²) in [6.45, 7) is 0. The summed E-state index contributed by atoms with van der Waals surface area (Å²) in [6, 6.07) is 0. The van der Waals surface area contributed by atoms with Crippen LogP contribution in [-0.2, 0) is 16.5 Å². The Hall–Kier alpha value is 0.684. The summed E-state index contributed by atoms with van der Waals surface area (Å²) < 4.78 is 0. The molecule has 0 aliphatic carbocycles. The predicted molar refractivity (Wildman–Crippen MR) is 10.9 cm³/mol. The van der Waals surface area contributed by atoms with Crippen molar-refractivity contribution >= 4 is 6.16 Å². The van der Waals surface area contributed by atoms with Crippen LogP contribution in [0.2, 0.25) is 0 Å². The molecule has 0 spiro atoms. The molecular formula is CH3NaNiO5. The zero-order valence-electron chi connectivity index (χ0n) is 3.99. The maximum Gasteiger partial charge on any atom is 2.00 e. The fraction of sp³-hybridized carbons (Fsp3) is 0. The molecule has 0 amide bonds. The molecule has 0 aliphatic heterocycles. The van der Waals surface area contributed by atoms with Gasteiger partial charge in [0.2, 0.25) is 0 Å². The van der Waals surface area contributed by atoms with Crippen LogP contribution in [0.3, 0.4) is 0 Å². The molecule has 0 unspecified atom stereocenters. The molecule has 0 aromatic rings. The second-order valence-corrected chi connectivity index (χ2v) is 0.250. The minimum atomic E-state index is -2.33. The molecule has 0 aromatic carbocycles. The van der Waals surface area contributed by atoms with Crippen LogP contribution in [0.4, 0.5) is 4.79 Å². The van der Waals surface area contributed by atoms with E-state index in [1.807, 2.05) is 0 Å². The van der Waals surface area contributed by atoms with Crippen molar-refractivity contribution in [3.63, 3.8) is 0 Å². The van der Waals surface area contributed by atoms with Gasteiger partial charge in [-0.05, 0) is 6.16 Å². The zero-order valence-corrected chi connectivity index (χ0v) is 6.98. The van der Waals surface area contributed by atoms with E-state index in [0.29, 0.717) is 0 Å². The molecule has 0 saturated heterocycles. The van der Waals surface area contributed by atoms with Gasteiger partial charge in [-0.15, -0.1) is 0 Å². The summed E-state index contributed by atoms with van der Waals surface area (Å²) in [4.78, 5) is 8.33. The van der Waals surface area contributed by atoms with Crippen molar-refractivity contribution in [1.29, 1.82) is 0 Å². The van der Waals surface area contributed by atoms with Crippen LogP contribution in [-0.4, -0.2) is 17.1 Å². The first kappa shape index (κ1) is 37.8. The van der Waals surface area contributed by atoms with Crippen LogP contribution in [0.1, 0.15) is 0 Å². The zero-order chi connectivity index (χ0) is 3.58. The molecule has 3 N–H and O–H groups in total. The van der Waals surface area contributed by atoms with E-state index in [4.69, 9.17) is 15.0 Å². The molecule has 0 fully saturated rings. The van der Waals surface area contributed by atoms with Crippen molar-refractivity contribution in [2.24, 2.45) is 0 Å². The molecule has 8 heavy (non-hydrogen) atoms. The van der Waals surface area contributed by atoms with E-state index in [9.17, 15) is 0 Å². The van der Waals surface area contributed by atoms with E-state index in [2.05, 4.69) is 0 Å². The molecule has 0 saturated carbocycles. The molecule has 0 heterocycles. The van der Waals surface area contributed by atoms with Crippen molar-refractivity contribution in [3.05, 3.63) is 0 Å². The number of hydrogen-bond acceptors (Lipinski definition) is 4. The number of rotatable bonds is 0. The summed E-state index contributed by atoms with van der Waals surface area (Å²) in [5, 5.41) is 16.7. The molecule has 5 nitrogen and oxygen atoms in total. The first-order valence-corrected chi connectivity index (χ1v) is 0.612. The van der Waals surface area contributed by atoms with Gasteiger partial charge in [-0.1, -0.05) is 0 Å². The maximum absolute atomic E-state index is 8.33. The molecule has 0 atom stereocenters. The summed E-state index contributed by atoms with van der Waals surface area (Å²) in [5.41, 5.74) is 0. The first-order valence-electron chi connectivity index (χ1n) is 0.612. The average Bonchev–Trinajstić information content (AvgIpc) is 0.811. The van der Waals surface area contributed by atoms with Crippen molar-refractivity contribution in [2.75, 3.05) is 0 Å². The maximum atomic E-state index is 8.33. The number of hydrogen-bond donors (Lipinski definition) is 0. The number of carbonyl (C=O) groups is 1. The van der Waals surface area contributed by atoms with Gasteiger partial charge in [-0.3, -0.25) is 0 Å². The van der Waals surface area contributed by atoms with Gasteiger partial charge < -0.3 is 26.0 Å². The van der Waals surface area contributed by atoms with Crippen molar-refractivity contribution < 1.29 is 72.0 Å². The second kappa shape index (κ2) is 25.3. The summed E-state index contributed by atoms with van der Waals surface area (Å²) >= 11 is 0. The summed E-state index contributed by atoms with van der Waals surface area (Å²) in [6.07, 6.45) is -2.33. The van der Waals surface area contributed by atoms with Gasteiger partial charge in [-0.2, -0.15) is 0 Å². The van der Waals surface area contributed by atoms with Gasteiger partial charge in [0, 0.05) is 0 Å². The Balaban J connectivity index is -0.00000000750. The third-order valence-corrected chi connectivity index (χ3v) is 0. The van der Waals surface area contributed by atoms with Crippen LogP contribution >= 0.6 is 0 Å². The number of carboxylic acid groups (broad SMARTS) is 2. The van der Waals surface area contributed by atoms with Crippen molar-refractivity contribution in [3.8, 4) is 0 Å². The van der Waals surface area contributed by atoms with E-state index >= 15 is 0 Å². The Bertz CT molecular complexity index is 35.4. The molecule has 48 valence electrons. The normalized spacial score (nSPS) is 3.00. The Morgan fingerprint density at radius 1 is 1.25 bits per heavy atom. The summed E-state index contributed by atoms with van der Waals surface area (Å²) in [7, 11) is 0. The standard InChI is InChI=1S/CH2O3.Na.Ni.2H2O/c2-1(3)4;;;;/h(H2,2,3,4);;;2*1H2/q;+1;+2;;/p-3. The van der Waals surface area contributed by atoms with Gasteiger partial charge >= 0.3 is 46.0 Å². The number of carbonyl (C=O) groups excluding carboxylic acids is 1. The molecular weight excluding hydrogens is 174 g/mol. The first-order chi connectivity index (χ1) is 1.73. The van der Waals surface area contributed by atoms with Crippen LogP contribution in [0.25, 0.3) is 0 Å². The topological polar surface area (TPSA) is 125 Å². The van der Waals surface area contributed by atoms with Gasteiger partial charge in [0.25, 0.3) is 0 Å². The van der Waals surface area contributed by atoms with E-state index in [1.54, 1.807) is 0 Å². The third kappa shape index (κ3) is 462. The Kier molecular flexibility index (Phi) is 119. The van der Waals surface area contributed by atoms with Crippen LogP contribution in [0.5, 0.6) is 0 Å². The van der Waals surface area contributed by atoms with Crippen LogP contribution in [0, 0.1) is 0 Å². The molecule has 0 aliphatic rings. The van der Waals surface area contributed by atoms with Crippen molar-refractivity contribution in [1.82, 2.24) is 0 Å². The largest absolute Gasteiger partial charge is 2.00 e. The average molecular weight is 177 g/mol. The van der Waals surface area contributed by atoms with E-state index in [-0.39, 0.29) is 57.0 Å². The summed E-state index contributed by atoms with van der Waals surface area (Å²) in [5.74, 6) is 0. The Morgan fingerprint density at radius 3 is 1.25 bits per heavy atom. The van der Waals surface area contributed by atoms with E-state index in [0.717, 1.165) is 0 Å². The molecule has 0 rings (SSSR count). The van der Waals surface area contributed by atoms with E-state index in [1.165, 1.54) is 0 Å². The second-order valence-electron chi connectivity index (χ2n) is 0.250. The van der Waals surface area contributed by atoms with Gasteiger partial charge in [0.15, 0.2) is 0 Å². The van der Waals surface area contributed by atoms with Crippen molar-refractivity contribution in [2.45, 2.75) is 0 Å². The Labute approximate surface area is 77.9 Å². The fourth-order valence-electron chi connectivity index (χ4n) is 0. The minimum Gasteiger partial charge on any atom is -0.870 e. The Morgan fingerprint density at radius 2 is 1.25 bits per heavy atom. The van der Waals surface area contributed by atoms with Gasteiger partial charge in [-0.25, -0.2) is 0 Å². The predicted octanol–water partition coefficient (Wildman–Crippen LogP) is -6.45. The fourth-order valence-corrected chi connectivity index (χ4v) is 0.